The monoisotopic (exact) mass is 391 g/mol. The van der Waals surface area contributed by atoms with Gasteiger partial charge in [0.15, 0.2) is 11.4 Å². The number of anilines is 1. The Kier molecular flexibility index (Phi) is 3.78. The van der Waals surface area contributed by atoms with Crippen molar-refractivity contribution in [1.29, 1.82) is 0 Å². The number of nitrogens with one attached hydrogen (secondary N) is 2. The van der Waals surface area contributed by atoms with Crippen molar-refractivity contribution < 1.29 is 9.47 Å². The van der Waals surface area contributed by atoms with Gasteiger partial charge in [-0.15, -0.1) is 0 Å². The number of imidazole rings is 1. The quantitative estimate of drug-likeness (QED) is 0.554. The van der Waals surface area contributed by atoms with Gasteiger partial charge >= 0.3 is 0 Å². The van der Waals surface area contributed by atoms with E-state index in [-0.39, 0.29) is 5.79 Å². The van der Waals surface area contributed by atoms with E-state index in [1.165, 1.54) is 0 Å². The molecule has 0 atom stereocenters. The maximum atomic E-state index is 5.81. The van der Waals surface area contributed by atoms with Crippen LogP contribution in [0.15, 0.2) is 36.9 Å². The van der Waals surface area contributed by atoms with Gasteiger partial charge in [-0.3, -0.25) is 0 Å². The Balaban J connectivity index is 1.22. The molecule has 0 amide bonds. The van der Waals surface area contributed by atoms with Gasteiger partial charge in [-0.2, -0.15) is 10.1 Å². The van der Waals surface area contributed by atoms with Crippen molar-refractivity contribution >= 4 is 22.6 Å². The molecule has 0 aromatic carbocycles. The predicted molar refractivity (Wildman–Crippen MR) is 106 cm³/mol. The summed E-state index contributed by atoms with van der Waals surface area (Å²) in [5.41, 5.74) is 3.43. The largest absolute Gasteiger partial charge is 0.351 e. The molecule has 0 radical (unpaired) electrons. The third-order valence-corrected chi connectivity index (χ3v) is 5.86. The molecule has 1 saturated heterocycles. The first-order valence-corrected chi connectivity index (χ1v) is 9.97. The molecule has 9 heteroatoms. The molecule has 6 rings (SSSR count). The number of aromatic nitrogens is 6. The van der Waals surface area contributed by atoms with Crippen LogP contribution >= 0.6 is 0 Å². The van der Waals surface area contributed by atoms with E-state index in [0.29, 0.717) is 25.2 Å². The topological polar surface area (TPSA) is 102 Å². The van der Waals surface area contributed by atoms with Crippen LogP contribution in [0.4, 0.5) is 5.95 Å². The van der Waals surface area contributed by atoms with Crippen LogP contribution in [0.3, 0.4) is 0 Å². The predicted octanol–water partition coefficient (Wildman–Crippen LogP) is 2.77. The molecule has 4 aromatic heterocycles. The van der Waals surface area contributed by atoms with Gasteiger partial charge in [0.2, 0.25) is 5.95 Å². The van der Waals surface area contributed by atoms with Crippen molar-refractivity contribution in [1.82, 2.24) is 29.5 Å². The van der Waals surface area contributed by atoms with Crippen molar-refractivity contribution in [3.05, 3.63) is 36.9 Å². The highest BCUT2D eigenvalue weighted by Crippen LogP contribution is 2.36. The minimum atomic E-state index is -0.347. The van der Waals surface area contributed by atoms with Crippen LogP contribution in [0.25, 0.3) is 27.9 Å². The molecule has 2 N–H and O–H groups in total. The van der Waals surface area contributed by atoms with Gasteiger partial charge in [0, 0.05) is 54.6 Å². The zero-order valence-electron chi connectivity index (χ0n) is 15.8. The van der Waals surface area contributed by atoms with Crippen LogP contribution in [-0.2, 0) is 9.47 Å². The molecule has 2 aliphatic rings. The molecule has 2 fully saturated rings. The Morgan fingerprint density at radius 3 is 2.86 bits per heavy atom. The molecule has 1 saturated carbocycles. The fourth-order valence-electron chi connectivity index (χ4n) is 4.32. The van der Waals surface area contributed by atoms with Gasteiger partial charge in [-0.1, -0.05) is 0 Å². The molecule has 1 aliphatic carbocycles. The summed E-state index contributed by atoms with van der Waals surface area (Å²) in [6, 6.07) is 4.24. The van der Waals surface area contributed by atoms with Crippen molar-refractivity contribution in [3.63, 3.8) is 0 Å². The first-order valence-electron chi connectivity index (χ1n) is 9.97. The van der Waals surface area contributed by atoms with Crippen LogP contribution in [0.5, 0.6) is 0 Å². The van der Waals surface area contributed by atoms with Crippen molar-refractivity contribution in [2.45, 2.75) is 37.5 Å². The molecule has 29 heavy (non-hydrogen) atoms. The molecule has 0 unspecified atom stereocenters. The fraction of sp³-hybridized carbons (Fsp3) is 0.400. The normalized spacial score (nSPS) is 19.4. The summed E-state index contributed by atoms with van der Waals surface area (Å²) in [5.74, 6) is 0.291. The summed E-state index contributed by atoms with van der Waals surface area (Å²) >= 11 is 0. The zero-order chi connectivity index (χ0) is 19.3. The highest BCUT2D eigenvalue weighted by molar-refractivity contribution is 5.92. The highest BCUT2D eigenvalue weighted by Gasteiger charge is 2.40. The van der Waals surface area contributed by atoms with E-state index in [0.717, 1.165) is 53.6 Å². The van der Waals surface area contributed by atoms with E-state index >= 15 is 0 Å². The highest BCUT2D eigenvalue weighted by atomic mass is 16.7. The molecular weight excluding hydrogens is 370 g/mol. The third kappa shape index (κ3) is 2.93. The molecule has 148 valence electrons. The number of hydrogen-bond acceptors (Lipinski definition) is 7. The lowest BCUT2D eigenvalue weighted by Gasteiger charge is -2.35. The van der Waals surface area contributed by atoms with E-state index in [4.69, 9.17) is 9.47 Å². The maximum Gasteiger partial charge on any atom is 0.224 e. The molecule has 9 nitrogen and oxygen atoms in total. The van der Waals surface area contributed by atoms with E-state index in [2.05, 4.69) is 30.4 Å². The van der Waals surface area contributed by atoms with Crippen molar-refractivity contribution in [3.8, 4) is 11.3 Å². The number of nitrogens with zero attached hydrogens (tertiary/aromatic N) is 5. The number of aromatic amines is 1. The Bertz CT molecular complexity index is 1170. The first kappa shape index (κ1) is 16.9. The van der Waals surface area contributed by atoms with Gasteiger partial charge < -0.3 is 19.8 Å². The maximum absolute atomic E-state index is 5.81. The average molecular weight is 391 g/mol. The number of fused-ring (bicyclic) bond motifs is 2. The molecule has 5 heterocycles. The third-order valence-electron chi connectivity index (χ3n) is 5.86. The lowest BCUT2D eigenvalue weighted by atomic mass is 9.90. The Morgan fingerprint density at radius 2 is 2.00 bits per heavy atom. The summed E-state index contributed by atoms with van der Waals surface area (Å²) in [6.45, 7) is 1.41. The van der Waals surface area contributed by atoms with Crippen LogP contribution in [0.1, 0.15) is 25.7 Å². The van der Waals surface area contributed by atoms with Crippen molar-refractivity contribution in [2.24, 2.45) is 0 Å². The molecular formula is C20H21N7O2. The molecule has 4 aromatic rings. The second-order valence-corrected chi connectivity index (χ2v) is 7.63. The lowest BCUT2D eigenvalue weighted by molar-refractivity contribution is -0.177. The summed E-state index contributed by atoms with van der Waals surface area (Å²) in [4.78, 5) is 16.7. The summed E-state index contributed by atoms with van der Waals surface area (Å²) < 4.78 is 13.4. The Labute approximate surface area is 166 Å². The minimum Gasteiger partial charge on any atom is -0.351 e. The SMILES string of the molecule is c1cn2nc(-c3c[nH]c4nc(NC5CCC6(CC5)OCCO6)ncc34)ccc2n1. The van der Waals surface area contributed by atoms with Gasteiger partial charge in [0.25, 0.3) is 0 Å². The molecule has 1 aliphatic heterocycles. The van der Waals surface area contributed by atoms with Gasteiger partial charge in [0.05, 0.1) is 18.9 Å². The van der Waals surface area contributed by atoms with Gasteiger partial charge in [-0.25, -0.2) is 14.5 Å². The number of rotatable bonds is 3. The number of H-pyrrole nitrogens is 1. The first-order chi connectivity index (χ1) is 14.3. The molecule has 1 spiro atoms. The van der Waals surface area contributed by atoms with E-state index in [1.54, 1.807) is 10.7 Å². The van der Waals surface area contributed by atoms with E-state index < -0.39 is 0 Å². The zero-order valence-corrected chi connectivity index (χ0v) is 15.8. The minimum absolute atomic E-state index is 0.325. The summed E-state index contributed by atoms with van der Waals surface area (Å²) in [5, 5.41) is 9.03. The van der Waals surface area contributed by atoms with E-state index in [1.807, 2.05) is 30.7 Å². The fourth-order valence-corrected chi connectivity index (χ4v) is 4.32. The summed E-state index contributed by atoms with van der Waals surface area (Å²) in [7, 11) is 0. The molecule has 0 bridgehead atoms. The standard InChI is InChI=1S/C20H21N7O2/c1-2-17-21-7-8-27(17)26-16(1)14-11-22-18-15(14)12-23-19(25-18)24-13-3-5-20(6-4-13)28-9-10-29-20/h1-2,7-8,11-13H,3-6,9-10H2,(H2,22,23,24,25). The van der Waals surface area contributed by atoms with Crippen LogP contribution in [-0.4, -0.2) is 54.6 Å². The van der Waals surface area contributed by atoms with Gasteiger partial charge in [0.1, 0.15) is 5.65 Å². The number of ether oxygens (including phenoxy) is 2. The summed E-state index contributed by atoms with van der Waals surface area (Å²) in [6.07, 6.45) is 11.1. The van der Waals surface area contributed by atoms with E-state index in [9.17, 15) is 0 Å². The second kappa shape index (κ2) is 6.50. The van der Waals surface area contributed by atoms with Crippen LogP contribution in [0, 0.1) is 0 Å². The van der Waals surface area contributed by atoms with Gasteiger partial charge in [-0.05, 0) is 25.0 Å². The van der Waals surface area contributed by atoms with Crippen LogP contribution < -0.4 is 5.32 Å². The average Bonchev–Trinajstić information content (AvgIpc) is 3.49. The lowest BCUT2D eigenvalue weighted by Crippen LogP contribution is -2.39. The Morgan fingerprint density at radius 1 is 1.14 bits per heavy atom. The number of hydrogen-bond donors (Lipinski definition) is 2. The van der Waals surface area contributed by atoms with Crippen molar-refractivity contribution in [2.75, 3.05) is 18.5 Å². The Hall–Kier alpha value is -3.04. The second-order valence-electron chi connectivity index (χ2n) is 7.63. The van der Waals surface area contributed by atoms with Crippen LogP contribution in [0.2, 0.25) is 0 Å². The smallest absolute Gasteiger partial charge is 0.224 e.